The van der Waals surface area contributed by atoms with Crippen LogP contribution in [0.4, 0.5) is 0 Å². The Kier molecular flexibility index (Phi) is 3.49. The van der Waals surface area contributed by atoms with Crippen LogP contribution in [0.15, 0.2) is 0 Å². The van der Waals surface area contributed by atoms with E-state index in [1.165, 1.54) is 0 Å². The van der Waals surface area contributed by atoms with E-state index >= 15 is 0 Å². The van der Waals surface area contributed by atoms with Crippen LogP contribution in [0.3, 0.4) is 0 Å². The van der Waals surface area contributed by atoms with Gasteiger partial charge in [0.05, 0.1) is 4.73 Å². The molecule has 0 radical (unpaired) electrons. The molecule has 4 nitrogen and oxygen atoms in total. The summed E-state index contributed by atoms with van der Waals surface area (Å²) in [6.07, 6.45) is 0. The molecule has 68 valence electrons. The van der Waals surface area contributed by atoms with E-state index < -0.39 is 0 Å². The summed E-state index contributed by atoms with van der Waals surface area (Å²) in [7, 11) is 0. The maximum atomic E-state index is 9.26. The van der Waals surface area contributed by atoms with Gasteiger partial charge in [-0.25, -0.2) is 4.98 Å². The van der Waals surface area contributed by atoms with E-state index in [0.29, 0.717) is 11.4 Å². The zero-order valence-corrected chi connectivity index (χ0v) is 8.30. The zero-order valence-electron chi connectivity index (χ0n) is 7.20. The Labute approximate surface area is 81.3 Å². The maximum absolute atomic E-state index is 9.26. The van der Waals surface area contributed by atoms with E-state index in [1.54, 1.807) is 20.8 Å². The first-order chi connectivity index (χ1) is 5.04. The minimum Gasteiger partial charge on any atom is -0.540 e. The van der Waals surface area contributed by atoms with Crippen LogP contribution in [-0.4, -0.2) is 15.3 Å². The predicted molar refractivity (Wildman–Crippen MR) is 38.9 cm³/mol. The molecular formula is C7H12FeN2O2+2. The average molecular weight is 212 g/mol. The standard InChI is InChI=1S/C7H10N2O2.Fe/c1-4-6(3)9(11)7(10)5(2)8-4;/h11H,1-3H3;/p+2. The van der Waals surface area contributed by atoms with Gasteiger partial charge in [-0.15, -0.1) is 0 Å². The van der Waals surface area contributed by atoms with Crippen molar-refractivity contribution in [1.82, 2.24) is 4.98 Å². The number of nitrogens with zero attached hydrogens (tertiary/aromatic N) is 2. The SMILES string of the molecule is Cc1nc(C)c([OH2+])[n+](O)c1C.[Fe]. The Morgan fingerprint density at radius 1 is 1.25 bits per heavy atom. The van der Waals surface area contributed by atoms with Gasteiger partial charge in [-0.2, -0.15) is 0 Å². The van der Waals surface area contributed by atoms with E-state index in [9.17, 15) is 5.21 Å². The van der Waals surface area contributed by atoms with E-state index in [2.05, 4.69) is 4.98 Å². The van der Waals surface area contributed by atoms with E-state index in [0.717, 1.165) is 10.4 Å². The van der Waals surface area contributed by atoms with Gasteiger partial charge in [-0.1, -0.05) is 0 Å². The van der Waals surface area contributed by atoms with Crippen molar-refractivity contribution < 1.29 is 32.1 Å². The summed E-state index contributed by atoms with van der Waals surface area (Å²) in [4.78, 5) is 4.07. The first kappa shape index (κ1) is 11.2. The molecule has 0 saturated carbocycles. The largest absolute Gasteiger partial charge is 0.572 e. The molecule has 0 unspecified atom stereocenters. The number of aryl methyl sites for hydroxylation is 2. The molecule has 0 saturated heterocycles. The van der Waals surface area contributed by atoms with Crippen LogP contribution >= 0.6 is 0 Å². The molecule has 0 spiro atoms. The Morgan fingerprint density at radius 3 is 2.25 bits per heavy atom. The van der Waals surface area contributed by atoms with Crippen LogP contribution in [0.5, 0.6) is 5.88 Å². The van der Waals surface area contributed by atoms with Gasteiger partial charge < -0.3 is 5.11 Å². The summed E-state index contributed by atoms with van der Waals surface area (Å²) in [5, 5.41) is 16.6. The quantitative estimate of drug-likeness (QED) is 0.284. The van der Waals surface area contributed by atoms with Crippen molar-refractivity contribution in [3.63, 3.8) is 0 Å². The first-order valence-corrected chi connectivity index (χ1v) is 3.34. The molecule has 3 N–H and O–H groups in total. The number of hydrogen-bond donors (Lipinski definition) is 1. The molecule has 5 heteroatoms. The number of hydrogen-bond acceptors (Lipinski definition) is 2. The van der Waals surface area contributed by atoms with Gasteiger partial charge in [0, 0.05) is 24.0 Å². The molecule has 0 aromatic carbocycles. The normalized spacial score (nSPS) is 9.25. The Bertz CT molecular complexity index is 276. The Balaban J connectivity index is 0.00000121. The van der Waals surface area contributed by atoms with E-state index in [1.807, 2.05) is 0 Å². The molecule has 0 bridgehead atoms. The molecule has 0 aliphatic carbocycles. The topological polar surface area (TPSA) is 59.9 Å². The van der Waals surface area contributed by atoms with Crippen molar-refractivity contribution in [1.29, 1.82) is 0 Å². The van der Waals surface area contributed by atoms with E-state index in [4.69, 9.17) is 5.11 Å². The summed E-state index contributed by atoms with van der Waals surface area (Å²) < 4.78 is 0.845. The van der Waals surface area contributed by atoms with Crippen LogP contribution in [0.25, 0.3) is 0 Å². The molecule has 1 aromatic rings. The Morgan fingerprint density at radius 2 is 1.75 bits per heavy atom. The molecule has 0 fully saturated rings. The van der Waals surface area contributed by atoms with Gasteiger partial charge in [0.1, 0.15) is 5.69 Å². The second kappa shape index (κ2) is 3.74. The van der Waals surface area contributed by atoms with Crippen LogP contribution in [0, 0.1) is 20.8 Å². The van der Waals surface area contributed by atoms with E-state index in [-0.39, 0.29) is 22.9 Å². The molecule has 1 heterocycles. The van der Waals surface area contributed by atoms with Gasteiger partial charge >= 0.3 is 5.88 Å². The fraction of sp³-hybridized carbons (Fsp3) is 0.429. The van der Waals surface area contributed by atoms with Gasteiger partial charge in [0.25, 0.3) is 5.69 Å². The van der Waals surface area contributed by atoms with Crippen molar-refractivity contribution >= 4 is 0 Å². The average Bonchev–Trinajstić information content (AvgIpc) is 1.97. The third kappa shape index (κ3) is 1.68. The molecule has 0 atom stereocenters. The van der Waals surface area contributed by atoms with Crippen LogP contribution in [0.2, 0.25) is 0 Å². The van der Waals surface area contributed by atoms with Crippen LogP contribution < -0.4 is 4.73 Å². The molecule has 0 aliphatic rings. The zero-order chi connectivity index (χ0) is 8.59. The molecular weight excluding hydrogens is 200 g/mol. The van der Waals surface area contributed by atoms with Gasteiger partial charge in [-0.3, -0.25) is 5.21 Å². The predicted octanol–water partition coefficient (Wildman–Crippen LogP) is -0.0329. The van der Waals surface area contributed by atoms with Gasteiger partial charge in [0.15, 0.2) is 0 Å². The van der Waals surface area contributed by atoms with Gasteiger partial charge in [-0.05, 0) is 13.8 Å². The minimum absolute atomic E-state index is 0. The van der Waals surface area contributed by atoms with Crippen molar-refractivity contribution in [3.8, 4) is 5.88 Å². The summed E-state index contributed by atoms with van der Waals surface area (Å²) in [6, 6.07) is 0. The summed E-state index contributed by atoms with van der Waals surface area (Å²) >= 11 is 0. The van der Waals surface area contributed by atoms with Crippen molar-refractivity contribution in [2.24, 2.45) is 0 Å². The monoisotopic (exact) mass is 212 g/mol. The fourth-order valence-electron chi connectivity index (χ4n) is 0.860. The maximum Gasteiger partial charge on any atom is 0.572 e. The molecule has 0 aliphatic heterocycles. The molecule has 12 heavy (non-hydrogen) atoms. The summed E-state index contributed by atoms with van der Waals surface area (Å²) in [5.74, 6) is 0.0492. The summed E-state index contributed by atoms with van der Waals surface area (Å²) in [6.45, 7) is 5.22. The second-order valence-electron chi connectivity index (χ2n) is 2.53. The van der Waals surface area contributed by atoms with Crippen molar-refractivity contribution in [3.05, 3.63) is 17.1 Å². The molecule has 1 rings (SSSR count). The van der Waals surface area contributed by atoms with Crippen LogP contribution in [0.1, 0.15) is 17.1 Å². The Hall–Kier alpha value is -0.801. The van der Waals surface area contributed by atoms with Crippen molar-refractivity contribution in [2.75, 3.05) is 0 Å². The third-order valence-corrected chi connectivity index (χ3v) is 1.73. The fourth-order valence-corrected chi connectivity index (χ4v) is 0.860. The number of rotatable bonds is 0. The molecule has 0 amide bonds. The smallest absolute Gasteiger partial charge is 0.540 e. The van der Waals surface area contributed by atoms with Crippen LogP contribution in [-0.2, 0) is 17.1 Å². The summed E-state index contributed by atoms with van der Waals surface area (Å²) in [5.41, 5.74) is 1.90. The minimum atomic E-state index is 0. The number of aromatic nitrogens is 2. The van der Waals surface area contributed by atoms with Crippen molar-refractivity contribution in [2.45, 2.75) is 20.8 Å². The molecule has 1 aromatic heterocycles. The first-order valence-electron chi connectivity index (χ1n) is 3.34. The second-order valence-corrected chi connectivity index (χ2v) is 2.53. The third-order valence-electron chi connectivity index (χ3n) is 1.73. The van der Waals surface area contributed by atoms with Gasteiger partial charge in [0.2, 0.25) is 5.69 Å².